The predicted octanol–water partition coefficient (Wildman–Crippen LogP) is -3.49. The minimum atomic E-state index is -2.81. The quantitative estimate of drug-likeness (QED) is 0.207. The molecule has 0 aliphatic carbocycles. The van der Waals surface area contributed by atoms with Crippen molar-refractivity contribution >= 4 is 17.9 Å². The number of hydrogen-bond donors (Lipinski definition) is 4. The Morgan fingerprint density at radius 3 is 1.56 bits per heavy atom. The van der Waals surface area contributed by atoms with Crippen LogP contribution in [0.1, 0.15) is 20.7 Å². The van der Waals surface area contributed by atoms with Gasteiger partial charge in [-0.1, -0.05) is 0 Å². The number of hydrogen-bond acceptors (Lipinski definition) is 4. The van der Waals surface area contributed by atoms with Crippen molar-refractivity contribution in [2.24, 2.45) is 5.41 Å². The summed E-state index contributed by atoms with van der Waals surface area (Å²) in [5, 5.41) is 34.4. The molecule has 0 rings (SSSR count). The summed E-state index contributed by atoms with van der Waals surface area (Å²) in [5.41, 5.74) is -2.81. The molecule has 0 fully saturated rings. The van der Waals surface area contributed by atoms with Crippen LogP contribution in [0.15, 0.2) is 0 Å². The Labute approximate surface area is 115 Å². The normalized spacial score (nSPS) is 10.3. The van der Waals surface area contributed by atoms with Gasteiger partial charge in [-0.2, -0.15) is 0 Å². The topological polar surface area (TPSA) is 132 Å². The summed E-state index contributed by atoms with van der Waals surface area (Å²) in [5.74, 6) is -5.71. The second kappa shape index (κ2) is 7.61. The van der Waals surface area contributed by atoms with Gasteiger partial charge < -0.3 is 21.9 Å². The van der Waals surface area contributed by atoms with Crippen LogP contribution in [0.25, 0.3) is 0 Å². The maximum absolute atomic E-state index is 10.7. The second-order valence-electron chi connectivity index (χ2n) is 3.00. The van der Waals surface area contributed by atoms with Crippen molar-refractivity contribution in [3.8, 4) is 0 Å². The second-order valence-corrected chi connectivity index (χ2v) is 3.00. The molecular weight excluding hydrogens is 231 g/mol. The Kier molecular flexibility index (Phi) is 8.45. The molecule has 0 bridgehead atoms. The van der Waals surface area contributed by atoms with Crippen LogP contribution in [-0.2, 0) is 14.4 Å². The van der Waals surface area contributed by atoms with Gasteiger partial charge in [0.2, 0.25) is 0 Å². The van der Waals surface area contributed by atoms with E-state index in [1.165, 1.54) is 0 Å². The van der Waals surface area contributed by atoms with Gasteiger partial charge in [0.1, 0.15) is 0 Å². The number of rotatable bonds is 7. The Morgan fingerprint density at radius 2 is 1.31 bits per heavy atom. The summed E-state index contributed by atoms with van der Waals surface area (Å²) >= 11 is 0. The van der Waals surface area contributed by atoms with Crippen molar-refractivity contribution in [1.29, 1.82) is 0 Å². The molecule has 0 aromatic carbocycles. The molecule has 0 aliphatic heterocycles. The molecule has 0 amide bonds. The Hall–Kier alpha value is -0.630. The molecule has 0 heterocycles. The third-order valence-corrected chi connectivity index (χ3v) is 2.06. The fourth-order valence-electron chi connectivity index (χ4n) is 1.10. The van der Waals surface area contributed by atoms with E-state index < -0.39 is 29.7 Å². The third kappa shape index (κ3) is 3.75. The van der Waals surface area contributed by atoms with E-state index in [2.05, 4.69) is 0 Å². The minimum Gasteiger partial charge on any atom is -1.00 e. The van der Waals surface area contributed by atoms with E-state index in [9.17, 15) is 14.4 Å². The largest absolute Gasteiger partial charge is 1.00 e. The molecule has 0 radical (unpaired) electrons. The fraction of sp³-hybridized carbons (Fsp3) is 0.625. The molecule has 0 aromatic rings. The van der Waals surface area contributed by atoms with Crippen LogP contribution in [0.3, 0.4) is 0 Å². The van der Waals surface area contributed by atoms with Crippen molar-refractivity contribution in [2.75, 3.05) is 6.61 Å². The van der Waals surface area contributed by atoms with Crippen molar-refractivity contribution in [1.82, 2.24) is 0 Å². The smallest absolute Gasteiger partial charge is 1.00 e. The SMILES string of the molecule is O=C(O)C(CCCCO)(C(=O)O)C(=O)O.[H-].[Na+]. The van der Waals surface area contributed by atoms with Gasteiger partial charge >= 0.3 is 47.5 Å². The van der Waals surface area contributed by atoms with Crippen molar-refractivity contribution in [3.05, 3.63) is 0 Å². The maximum Gasteiger partial charge on any atom is 1.00 e. The number of aliphatic hydroxyl groups is 1. The van der Waals surface area contributed by atoms with Crippen molar-refractivity contribution < 1.29 is 65.8 Å². The van der Waals surface area contributed by atoms with Crippen LogP contribution in [-0.4, -0.2) is 44.9 Å². The van der Waals surface area contributed by atoms with Gasteiger partial charge in [0.25, 0.3) is 5.41 Å². The van der Waals surface area contributed by atoms with Gasteiger partial charge in [-0.25, -0.2) is 0 Å². The maximum atomic E-state index is 10.7. The molecule has 0 aromatic heterocycles. The Balaban J connectivity index is -0.000000980. The first-order valence-electron chi connectivity index (χ1n) is 4.20. The molecule has 0 saturated heterocycles. The first kappa shape index (κ1) is 17.8. The Morgan fingerprint density at radius 1 is 0.938 bits per heavy atom. The van der Waals surface area contributed by atoms with E-state index in [0.29, 0.717) is 0 Å². The molecule has 7 nitrogen and oxygen atoms in total. The number of carboxylic acid groups (broad SMARTS) is 3. The third-order valence-electron chi connectivity index (χ3n) is 2.06. The van der Waals surface area contributed by atoms with E-state index in [-0.39, 0.29) is 50.4 Å². The zero-order valence-corrected chi connectivity index (χ0v) is 10.8. The molecule has 0 unspecified atom stereocenters. The molecular formula is C8H13NaO7. The number of unbranched alkanes of at least 4 members (excludes halogenated alkanes) is 1. The van der Waals surface area contributed by atoms with Crippen molar-refractivity contribution in [2.45, 2.75) is 19.3 Å². The van der Waals surface area contributed by atoms with E-state index in [1.807, 2.05) is 0 Å². The predicted molar refractivity (Wildman–Crippen MR) is 47.4 cm³/mol. The number of aliphatic carboxylic acids is 3. The standard InChI is InChI=1S/C8H12O7.Na.H/c9-4-2-1-3-8(5(10)11,6(12)13)7(14)15;;/h9H,1-4H2,(H,10,11)(H,12,13)(H,14,15);;/q;+1;-1. The van der Waals surface area contributed by atoms with E-state index >= 15 is 0 Å². The molecule has 0 atom stereocenters. The molecule has 0 spiro atoms. The van der Waals surface area contributed by atoms with Gasteiger partial charge in [0.05, 0.1) is 0 Å². The zero-order valence-electron chi connectivity index (χ0n) is 9.84. The van der Waals surface area contributed by atoms with Crippen LogP contribution in [0.4, 0.5) is 0 Å². The number of aliphatic hydroxyl groups excluding tert-OH is 1. The van der Waals surface area contributed by atoms with Crippen molar-refractivity contribution in [3.63, 3.8) is 0 Å². The van der Waals surface area contributed by atoms with Crippen LogP contribution >= 0.6 is 0 Å². The molecule has 0 aliphatic rings. The Bertz CT molecular complexity index is 245. The van der Waals surface area contributed by atoms with Gasteiger partial charge in [-0.05, 0) is 19.3 Å². The van der Waals surface area contributed by atoms with E-state index in [1.54, 1.807) is 0 Å². The summed E-state index contributed by atoms with van der Waals surface area (Å²) in [6.45, 7) is -0.241. The van der Waals surface area contributed by atoms with E-state index in [0.717, 1.165) is 0 Å². The molecule has 16 heavy (non-hydrogen) atoms. The molecule has 8 heteroatoms. The van der Waals surface area contributed by atoms with Gasteiger partial charge in [0.15, 0.2) is 0 Å². The fourth-order valence-corrected chi connectivity index (χ4v) is 1.10. The molecule has 88 valence electrons. The summed E-state index contributed by atoms with van der Waals surface area (Å²) < 4.78 is 0. The van der Waals surface area contributed by atoms with Crippen LogP contribution < -0.4 is 29.6 Å². The average molecular weight is 244 g/mol. The summed E-state index contributed by atoms with van der Waals surface area (Å²) in [6.07, 6.45) is -0.370. The monoisotopic (exact) mass is 244 g/mol. The van der Waals surface area contributed by atoms with Crippen LogP contribution in [0.2, 0.25) is 0 Å². The molecule has 4 N–H and O–H groups in total. The van der Waals surface area contributed by atoms with Gasteiger partial charge in [-0.15, -0.1) is 0 Å². The summed E-state index contributed by atoms with van der Waals surface area (Å²) in [7, 11) is 0. The van der Waals surface area contributed by atoms with E-state index in [4.69, 9.17) is 20.4 Å². The summed E-state index contributed by atoms with van der Waals surface area (Å²) in [6, 6.07) is 0. The van der Waals surface area contributed by atoms with Gasteiger partial charge in [0, 0.05) is 6.61 Å². The summed E-state index contributed by atoms with van der Waals surface area (Å²) in [4.78, 5) is 32.0. The first-order chi connectivity index (χ1) is 6.89. The first-order valence-corrected chi connectivity index (χ1v) is 4.20. The average Bonchev–Trinajstić information content (AvgIpc) is 2.10. The number of carbonyl (C=O) groups is 3. The minimum absolute atomic E-state index is 0. The van der Waals surface area contributed by atoms with Gasteiger partial charge in [-0.3, -0.25) is 14.4 Å². The number of carboxylic acids is 3. The van der Waals surface area contributed by atoms with Crippen LogP contribution in [0.5, 0.6) is 0 Å². The zero-order chi connectivity index (χ0) is 12.1. The molecule has 0 saturated carbocycles. The van der Waals surface area contributed by atoms with Crippen LogP contribution in [0, 0.1) is 5.41 Å².